The lowest BCUT2D eigenvalue weighted by Crippen LogP contribution is -2.43. The van der Waals surface area contributed by atoms with Crippen molar-refractivity contribution in [2.45, 2.75) is 64.9 Å². The molecule has 0 aliphatic heterocycles. The Hall–Kier alpha value is -0.883. The predicted octanol–water partition coefficient (Wildman–Crippen LogP) is 4.25. The molecule has 1 atom stereocenters. The number of nitrogens with one attached hydrogen (secondary N) is 1. The largest absolute Gasteiger partial charge is 0.491 e. The van der Waals surface area contributed by atoms with Gasteiger partial charge in [0, 0.05) is 19.2 Å². The van der Waals surface area contributed by atoms with Gasteiger partial charge in [0.2, 0.25) is 0 Å². The molecule has 1 aromatic carbocycles. The van der Waals surface area contributed by atoms with Crippen molar-refractivity contribution in [3.05, 3.63) is 29.8 Å². The Bertz CT molecular complexity index is 509. The van der Waals surface area contributed by atoms with Crippen LogP contribution in [0.4, 0.5) is 0 Å². The zero-order chi connectivity index (χ0) is 19.0. The van der Waals surface area contributed by atoms with Crippen LogP contribution in [0.1, 0.15) is 32.3 Å². The van der Waals surface area contributed by atoms with Gasteiger partial charge < -0.3 is 19.2 Å². The molecule has 1 aliphatic rings. The molecule has 26 heavy (non-hydrogen) atoms. The van der Waals surface area contributed by atoms with Crippen molar-refractivity contribution in [3.63, 3.8) is 0 Å². The molecule has 4 nitrogen and oxygen atoms in total. The maximum absolute atomic E-state index is 6.26. The van der Waals surface area contributed by atoms with Gasteiger partial charge in [-0.05, 0) is 62.5 Å². The first kappa shape index (κ1) is 21.4. The minimum absolute atomic E-state index is 0.0829. The normalized spacial score (nSPS) is 16.1. The van der Waals surface area contributed by atoms with Crippen LogP contribution in [-0.2, 0) is 15.6 Å². The second kappa shape index (κ2) is 10.5. The highest BCUT2D eigenvalue weighted by Crippen LogP contribution is 2.28. The monoisotopic (exact) mass is 379 g/mol. The molecule has 1 unspecified atom stereocenters. The van der Waals surface area contributed by atoms with E-state index in [0.717, 1.165) is 37.8 Å². The Morgan fingerprint density at radius 3 is 2.38 bits per heavy atom. The highest BCUT2D eigenvalue weighted by molar-refractivity contribution is 6.69. The molecule has 1 aliphatic carbocycles. The van der Waals surface area contributed by atoms with Crippen molar-refractivity contribution in [1.29, 1.82) is 0 Å². The Morgan fingerprint density at radius 2 is 1.81 bits per heavy atom. The molecule has 5 heteroatoms. The molecular weight excluding hydrogens is 342 g/mol. The van der Waals surface area contributed by atoms with Gasteiger partial charge in [-0.25, -0.2) is 0 Å². The van der Waals surface area contributed by atoms with Crippen LogP contribution in [0.3, 0.4) is 0 Å². The van der Waals surface area contributed by atoms with Gasteiger partial charge in [-0.3, -0.25) is 0 Å². The van der Waals surface area contributed by atoms with Crippen LogP contribution in [0, 0.1) is 5.92 Å². The van der Waals surface area contributed by atoms with Crippen LogP contribution >= 0.6 is 0 Å². The predicted molar refractivity (Wildman–Crippen MR) is 111 cm³/mol. The fourth-order valence-corrected chi connectivity index (χ4v) is 3.82. The van der Waals surface area contributed by atoms with Crippen LogP contribution in [-0.4, -0.2) is 46.8 Å². The summed E-state index contributed by atoms with van der Waals surface area (Å²) in [6.45, 7) is 14.1. The second-order valence-corrected chi connectivity index (χ2v) is 13.1. The first-order valence-electron chi connectivity index (χ1n) is 10.0. The summed E-state index contributed by atoms with van der Waals surface area (Å²) in [5, 5.41) is 3.46. The quantitative estimate of drug-likeness (QED) is 0.411. The van der Waals surface area contributed by atoms with Crippen molar-refractivity contribution < 1.29 is 13.9 Å². The number of rotatable bonds is 13. The number of benzene rings is 1. The summed E-state index contributed by atoms with van der Waals surface area (Å²) in [6, 6.07) is 8.83. The van der Waals surface area contributed by atoms with Crippen LogP contribution in [0.2, 0.25) is 19.6 Å². The van der Waals surface area contributed by atoms with E-state index >= 15 is 0 Å². The molecular formula is C21H37NO3Si. The summed E-state index contributed by atoms with van der Waals surface area (Å²) < 4.78 is 18.0. The molecule has 0 amide bonds. The number of ether oxygens (including phenoxy) is 2. The summed E-state index contributed by atoms with van der Waals surface area (Å²) in [4.78, 5) is 0. The maximum Gasteiger partial charge on any atom is 0.184 e. The highest BCUT2D eigenvalue weighted by atomic mass is 28.4. The lowest BCUT2D eigenvalue weighted by atomic mass is 10.1. The van der Waals surface area contributed by atoms with Gasteiger partial charge in [-0.2, -0.15) is 0 Å². The summed E-state index contributed by atoms with van der Waals surface area (Å²) in [6.07, 6.45) is 3.74. The molecule has 0 aromatic heterocycles. The first-order valence-corrected chi connectivity index (χ1v) is 13.4. The standard InChI is InChI=1S/C21H37NO3Si/c1-17(2)22-14-21(25-26(3,4)5)16-24-20-10-8-18(9-11-20)12-13-23-15-19-6-7-19/h8-11,17,19,21-22H,6-7,12-16H2,1-5H3. The van der Waals surface area contributed by atoms with Crippen molar-refractivity contribution in [1.82, 2.24) is 5.32 Å². The third-order valence-corrected chi connectivity index (χ3v) is 5.26. The van der Waals surface area contributed by atoms with Gasteiger partial charge in [-0.15, -0.1) is 0 Å². The molecule has 148 valence electrons. The summed E-state index contributed by atoms with van der Waals surface area (Å²) in [5.74, 6) is 1.74. The molecule has 1 saturated carbocycles. The highest BCUT2D eigenvalue weighted by Gasteiger charge is 2.22. The Morgan fingerprint density at radius 1 is 1.12 bits per heavy atom. The fraction of sp³-hybridized carbons (Fsp3) is 0.714. The van der Waals surface area contributed by atoms with E-state index in [4.69, 9.17) is 13.9 Å². The Balaban J connectivity index is 1.73. The smallest absolute Gasteiger partial charge is 0.184 e. The molecule has 1 fully saturated rings. The number of hydrogen-bond donors (Lipinski definition) is 1. The zero-order valence-electron chi connectivity index (χ0n) is 17.2. The summed E-state index contributed by atoms with van der Waals surface area (Å²) in [7, 11) is -1.60. The summed E-state index contributed by atoms with van der Waals surface area (Å²) >= 11 is 0. The third kappa shape index (κ3) is 9.71. The SMILES string of the molecule is CC(C)NCC(COc1ccc(CCOCC2CC2)cc1)O[Si](C)(C)C. The van der Waals surface area contributed by atoms with E-state index in [2.05, 4.69) is 63.1 Å². The van der Waals surface area contributed by atoms with E-state index in [1.54, 1.807) is 0 Å². The van der Waals surface area contributed by atoms with Crippen molar-refractivity contribution in [2.75, 3.05) is 26.4 Å². The number of hydrogen-bond acceptors (Lipinski definition) is 4. The van der Waals surface area contributed by atoms with Crippen LogP contribution < -0.4 is 10.1 Å². The van der Waals surface area contributed by atoms with Crippen molar-refractivity contribution >= 4 is 8.32 Å². The average molecular weight is 380 g/mol. The summed E-state index contributed by atoms with van der Waals surface area (Å²) in [5.41, 5.74) is 1.30. The van der Waals surface area contributed by atoms with Gasteiger partial charge in [0.25, 0.3) is 0 Å². The first-order chi connectivity index (χ1) is 12.3. The lowest BCUT2D eigenvalue weighted by molar-refractivity contribution is 0.119. The molecule has 0 bridgehead atoms. The van der Waals surface area contributed by atoms with Crippen LogP contribution in [0.5, 0.6) is 5.75 Å². The van der Waals surface area contributed by atoms with Gasteiger partial charge in [0.15, 0.2) is 8.32 Å². The van der Waals surface area contributed by atoms with Crippen LogP contribution in [0.15, 0.2) is 24.3 Å². The van der Waals surface area contributed by atoms with Crippen molar-refractivity contribution in [3.8, 4) is 5.75 Å². The van der Waals surface area contributed by atoms with E-state index in [1.807, 2.05) is 0 Å². The van der Waals surface area contributed by atoms with Crippen LogP contribution in [0.25, 0.3) is 0 Å². The third-order valence-electron chi connectivity index (χ3n) is 4.22. The zero-order valence-corrected chi connectivity index (χ0v) is 18.2. The van der Waals surface area contributed by atoms with E-state index in [-0.39, 0.29) is 6.10 Å². The van der Waals surface area contributed by atoms with E-state index in [1.165, 1.54) is 18.4 Å². The Kier molecular flexibility index (Phi) is 8.61. The van der Waals surface area contributed by atoms with E-state index in [9.17, 15) is 0 Å². The fourth-order valence-electron chi connectivity index (χ4n) is 2.67. The maximum atomic E-state index is 6.26. The van der Waals surface area contributed by atoms with E-state index in [0.29, 0.717) is 12.6 Å². The van der Waals surface area contributed by atoms with Gasteiger partial charge in [-0.1, -0.05) is 26.0 Å². The second-order valence-electron chi connectivity index (χ2n) is 8.64. The molecule has 0 spiro atoms. The Labute approximate surface area is 160 Å². The van der Waals surface area contributed by atoms with Gasteiger partial charge >= 0.3 is 0 Å². The van der Waals surface area contributed by atoms with Gasteiger partial charge in [0.1, 0.15) is 12.4 Å². The topological polar surface area (TPSA) is 39.7 Å². The van der Waals surface area contributed by atoms with Crippen molar-refractivity contribution in [2.24, 2.45) is 5.92 Å². The minimum Gasteiger partial charge on any atom is -0.491 e. The molecule has 0 radical (unpaired) electrons. The van der Waals surface area contributed by atoms with Gasteiger partial charge in [0.05, 0.1) is 12.7 Å². The average Bonchev–Trinajstić information content (AvgIpc) is 3.38. The molecule has 1 aromatic rings. The minimum atomic E-state index is -1.60. The van der Waals surface area contributed by atoms with E-state index < -0.39 is 8.32 Å². The molecule has 0 heterocycles. The lowest BCUT2D eigenvalue weighted by Gasteiger charge is -2.27. The molecule has 2 rings (SSSR count). The molecule has 0 saturated heterocycles. The molecule has 1 N–H and O–H groups in total.